The number of hydrogen-bond donors (Lipinski definition) is 1. The number of alkyl halides is 3. The fourth-order valence-electron chi connectivity index (χ4n) is 3.38. The van der Waals surface area contributed by atoms with Crippen LogP contribution in [0, 0.1) is 5.82 Å². The second-order valence-electron chi connectivity index (χ2n) is 6.77. The topological polar surface area (TPSA) is 54.6 Å². The van der Waals surface area contributed by atoms with Crippen molar-refractivity contribution < 1.29 is 27.5 Å². The Morgan fingerprint density at radius 1 is 1.25 bits per heavy atom. The van der Waals surface area contributed by atoms with Crippen molar-refractivity contribution in [2.75, 3.05) is 0 Å². The van der Waals surface area contributed by atoms with E-state index in [4.69, 9.17) is 0 Å². The smallest absolute Gasteiger partial charge is 0.419 e. The van der Waals surface area contributed by atoms with Gasteiger partial charge in [-0.25, -0.2) is 13.7 Å². The van der Waals surface area contributed by atoms with E-state index in [0.29, 0.717) is 28.8 Å². The predicted molar refractivity (Wildman–Crippen MR) is 96.0 cm³/mol. The van der Waals surface area contributed by atoms with Crippen molar-refractivity contribution in [1.82, 2.24) is 9.61 Å². The summed E-state index contributed by atoms with van der Waals surface area (Å²) >= 11 is 0. The van der Waals surface area contributed by atoms with Gasteiger partial charge < -0.3 is 5.11 Å². The minimum Gasteiger partial charge on any atom is -0.478 e. The van der Waals surface area contributed by atoms with Gasteiger partial charge in [0.25, 0.3) is 0 Å². The van der Waals surface area contributed by atoms with Gasteiger partial charge in [0.1, 0.15) is 11.4 Å². The van der Waals surface area contributed by atoms with Gasteiger partial charge in [0.05, 0.1) is 16.8 Å². The van der Waals surface area contributed by atoms with Crippen molar-refractivity contribution in [3.8, 4) is 11.1 Å². The molecule has 1 aromatic carbocycles. The molecule has 0 spiro atoms. The van der Waals surface area contributed by atoms with Gasteiger partial charge in [0.2, 0.25) is 0 Å². The highest BCUT2D eigenvalue weighted by Crippen LogP contribution is 2.37. The van der Waals surface area contributed by atoms with Crippen LogP contribution in [0.3, 0.4) is 0 Å². The van der Waals surface area contributed by atoms with Crippen molar-refractivity contribution in [1.29, 1.82) is 0 Å². The minimum absolute atomic E-state index is 0.0341. The first kappa shape index (κ1) is 19.9. The molecule has 28 heavy (non-hydrogen) atoms. The predicted octanol–water partition coefficient (Wildman–Crippen LogP) is 5.54. The number of carboxylic acids is 1. The molecular formula is C20H18F4N2O2. The molecule has 2 aromatic heterocycles. The van der Waals surface area contributed by atoms with E-state index in [0.717, 1.165) is 12.1 Å². The first-order chi connectivity index (χ1) is 13.1. The molecule has 0 unspecified atom stereocenters. The van der Waals surface area contributed by atoms with E-state index in [9.17, 15) is 27.5 Å². The Bertz CT molecular complexity index is 1070. The van der Waals surface area contributed by atoms with Gasteiger partial charge >= 0.3 is 12.1 Å². The molecule has 0 amide bonds. The highest BCUT2D eigenvalue weighted by atomic mass is 19.4. The number of hydrogen-bond acceptors (Lipinski definition) is 2. The first-order valence-electron chi connectivity index (χ1n) is 8.70. The lowest BCUT2D eigenvalue weighted by atomic mass is 9.94. The Kier molecular flexibility index (Phi) is 4.91. The van der Waals surface area contributed by atoms with E-state index >= 15 is 0 Å². The van der Waals surface area contributed by atoms with Crippen molar-refractivity contribution in [2.24, 2.45) is 0 Å². The highest BCUT2D eigenvalue weighted by molar-refractivity contribution is 5.99. The molecule has 3 rings (SSSR count). The van der Waals surface area contributed by atoms with Crippen LogP contribution >= 0.6 is 0 Å². The molecule has 0 radical (unpaired) electrons. The van der Waals surface area contributed by atoms with E-state index in [-0.39, 0.29) is 17.0 Å². The van der Waals surface area contributed by atoms with Crippen LogP contribution in [-0.4, -0.2) is 20.7 Å². The largest absolute Gasteiger partial charge is 0.478 e. The molecule has 2 heterocycles. The molecule has 0 bridgehead atoms. The summed E-state index contributed by atoms with van der Waals surface area (Å²) in [7, 11) is 0. The molecule has 4 nitrogen and oxygen atoms in total. The van der Waals surface area contributed by atoms with Crippen LogP contribution in [0.5, 0.6) is 0 Å². The van der Waals surface area contributed by atoms with Gasteiger partial charge in [-0.05, 0) is 47.2 Å². The van der Waals surface area contributed by atoms with E-state index in [1.54, 1.807) is 13.0 Å². The zero-order chi connectivity index (χ0) is 20.8. The lowest BCUT2D eigenvalue weighted by Crippen LogP contribution is -2.08. The van der Waals surface area contributed by atoms with Crippen molar-refractivity contribution in [3.05, 3.63) is 58.7 Å². The number of aromatic nitrogens is 2. The summed E-state index contributed by atoms with van der Waals surface area (Å²) < 4.78 is 54.4. The number of aryl methyl sites for hydroxylation is 1. The molecule has 0 aliphatic heterocycles. The third kappa shape index (κ3) is 3.23. The van der Waals surface area contributed by atoms with E-state index < -0.39 is 23.5 Å². The summed E-state index contributed by atoms with van der Waals surface area (Å²) in [4.78, 5) is 11.9. The Labute approximate surface area is 158 Å². The quantitative estimate of drug-likeness (QED) is 0.591. The Morgan fingerprint density at radius 2 is 1.93 bits per heavy atom. The molecule has 3 aromatic rings. The normalized spacial score (nSPS) is 12.1. The standard InChI is InChI=1S/C20H18F4N2O2/c1-4-12-13(11-5-6-15(21)14(9-11)20(22,23)24)7-8-26-18(12)16(19(27)28)17(25-26)10(2)3/h5-10H,4H2,1-3H3,(H,27,28). The zero-order valence-corrected chi connectivity index (χ0v) is 15.4. The van der Waals surface area contributed by atoms with E-state index in [1.165, 1.54) is 16.8 Å². The van der Waals surface area contributed by atoms with Crippen LogP contribution in [0.4, 0.5) is 17.6 Å². The molecule has 0 saturated heterocycles. The molecule has 0 aliphatic carbocycles. The number of aromatic carboxylic acids is 1. The third-order valence-electron chi connectivity index (χ3n) is 4.63. The van der Waals surface area contributed by atoms with Crippen LogP contribution in [-0.2, 0) is 12.6 Å². The van der Waals surface area contributed by atoms with Crippen LogP contribution in [0.25, 0.3) is 16.6 Å². The number of benzene rings is 1. The number of carboxylic acid groups (broad SMARTS) is 1. The van der Waals surface area contributed by atoms with Crippen molar-refractivity contribution in [2.45, 2.75) is 39.3 Å². The average molecular weight is 394 g/mol. The first-order valence-corrected chi connectivity index (χ1v) is 8.70. The van der Waals surface area contributed by atoms with Crippen molar-refractivity contribution >= 4 is 11.5 Å². The second-order valence-corrected chi connectivity index (χ2v) is 6.77. The Morgan fingerprint density at radius 3 is 2.46 bits per heavy atom. The Hall–Kier alpha value is -2.90. The minimum atomic E-state index is -4.83. The summed E-state index contributed by atoms with van der Waals surface area (Å²) in [6.07, 6.45) is -2.95. The summed E-state index contributed by atoms with van der Waals surface area (Å²) in [5.74, 6) is -2.66. The van der Waals surface area contributed by atoms with Crippen LogP contribution < -0.4 is 0 Å². The van der Waals surface area contributed by atoms with Crippen LogP contribution in [0.1, 0.15) is 53.9 Å². The van der Waals surface area contributed by atoms with Crippen LogP contribution in [0.15, 0.2) is 30.5 Å². The Balaban J connectivity index is 2.35. The summed E-state index contributed by atoms with van der Waals surface area (Å²) in [6.45, 7) is 5.41. The van der Waals surface area contributed by atoms with Gasteiger partial charge in [-0.15, -0.1) is 0 Å². The molecule has 8 heteroatoms. The summed E-state index contributed by atoms with van der Waals surface area (Å²) in [6, 6.07) is 4.36. The number of rotatable bonds is 4. The molecular weight excluding hydrogens is 376 g/mol. The van der Waals surface area contributed by atoms with Gasteiger partial charge in [-0.3, -0.25) is 0 Å². The van der Waals surface area contributed by atoms with Gasteiger partial charge in [-0.2, -0.15) is 18.3 Å². The summed E-state index contributed by atoms with van der Waals surface area (Å²) in [5, 5.41) is 14.1. The number of pyridine rings is 1. The lowest BCUT2D eigenvalue weighted by molar-refractivity contribution is -0.139. The van der Waals surface area contributed by atoms with E-state index in [1.807, 2.05) is 13.8 Å². The molecule has 0 saturated carbocycles. The van der Waals surface area contributed by atoms with Gasteiger partial charge in [-0.1, -0.05) is 26.8 Å². The molecule has 1 N–H and O–H groups in total. The number of nitrogens with zero attached hydrogens (tertiary/aromatic N) is 2. The van der Waals surface area contributed by atoms with E-state index in [2.05, 4.69) is 5.10 Å². The van der Waals surface area contributed by atoms with Gasteiger partial charge in [0.15, 0.2) is 0 Å². The molecule has 0 aliphatic rings. The molecule has 0 fully saturated rings. The average Bonchev–Trinajstić information content (AvgIpc) is 3.00. The van der Waals surface area contributed by atoms with Crippen molar-refractivity contribution in [3.63, 3.8) is 0 Å². The monoisotopic (exact) mass is 394 g/mol. The fourth-order valence-corrected chi connectivity index (χ4v) is 3.38. The van der Waals surface area contributed by atoms with Crippen LogP contribution in [0.2, 0.25) is 0 Å². The number of halogens is 4. The maximum Gasteiger partial charge on any atom is 0.419 e. The molecule has 148 valence electrons. The fraction of sp³-hybridized carbons (Fsp3) is 0.300. The second kappa shape index (κ2) is 6.92. The number of fused-ring (bicyclic) bond motifs is 1. The molecule has 0 atom stereocenters. The van der Waals surface area contributed by atoms with Gasteiger partial charge in [0, 0.05) is 6.20 Å². The lowest BCUT2D eigenvalue weighted by Gasteiger charge is -2.14. The third-order valence-corrected chi connectivity index (χ3v) is 4.63. The summed E-state index contributed by atoms with van der Waals surface area (Å²) in [5.41, 5.74) is 0.533. The SMILES string of the molecule is CCc1c(-c2ccc(F)c(C(F)(F)F)c2)ccn2nc(C(C)C)c(C(=O)O)c12. The highest BCUT2D eigenvalue weighted by Gasteiger charge is 2.34. The maximum atomic E-state index is 13.7. The number of carbonyl (C=O) groups is 1. The maximum absolute atomic E-state index is 13.7. The zero-order valence-electron chi connectivity index (χ0n) is 15.4.